The van der Waals surface area contributed by atoms with E-state index in [1.165, 1.54) is 7.11 Å². The van der Waals surface area contributed by atoms with Crippen molar-refractivity contribution in [2.75, 3.05) is 31.7 Å². The standard InChI is InChI=1S/C19H26N4O4.ClH/c1-26-17(24)12-27-16-8-6-15(7-9-16)23-11-10-22(19(23)25)14-4-2-13(3-5-14)18(20)21;/h2-5,15-16H,6-12H2,1H3,(H3,20,21);1H/t15-,16-;. The molecule has 1 aromatic carbocycles. The molecular formula is C19H27ClN4O4. The molecule has 1 aliphatic carbocycles. The van der Waals surface area contributed by atoms with Gasteiger partial charge in [-0.2, -0.15) is 0 Å². The number of amidine groups is 1. The number of benzene rings is 1. The molecule has 1 aromatic rings. The Morgan fingerprint density at radius 1 is 1.18 bits per heavy atom. The van der Waals surface area contributed by atoms with Crippen LogP contribution >= 0.6 is 12.4 Å². The number of nitrogens with one attached hydrogen (secondary N) is 1. The maximum Gasteiger partial charge on any atom is 0.331 e. The first-order valence-electron chi connectivity index (χ1n) is 9.20. The highest BCUT2D eigenvalue weighted by molar-refractivity contribution is 5.97. The number of carbonyl (C=O) groups excluding carboxylic acids is 2. The normalized spacial score (nSPS) is 22.0. The average molecular weight is 411 g/mol. The third-order valence-electron chi connectivity index (χ3n) is 5.28. The molecule has 1 saturated carbocycles. The highest BCUT2D eigenvalue weighted by Crippen LogP contribution is 2.29. The van der Waals surface area contributed by atoms with Crippen LogP contribution in [-0.4, -0.2) is 61.7 Å². The molecule has 0 bridgehead atoms. The molecule has 0 spiro atoms. The molecule has 0 unspecified atom stereocenters. The van der Waals surface area contributed by atoms with Crippen molar-refractivity contribution < 1.29 is 19.1 Å². The van der Waals surface area contributed by atoms with Crippen molar-refractivity contribution in [1.29, 1.82) is 5.41 Å². The Kier molecular flexibility index (Phi) is 7.65. The van der Waals surface area contributed by atoms with Crippen LogP contribution in [0.25, 0.3) is 0 Å². The van der Waals surface area contributed by atoms with E-state index in [1.54, 1.807) is 17.0 Å². The minimum Gasteiger partial charge on any atom is -0.467 e. The number of nitrogens with zero attached hydrogens (tertiary/aromatic N) is 2. The number of esters is 1. The zero-order valence-corrected chi connectivity index (χ0v) is 16.7. The molecular weight excluding hydrogens is 384 g/mol. The van der Waals surface area contributed by atoms with Crippen LogP contribution in [0.3, 0.4) is 0 Å². The van der Waals surface area contributed by atoms with Crippen LogP contribution in [0.2, 0.25) is 0 Å². The van der Waals surface area contributed by atoms with Crippen LogP contribution in [0.5, 0.6) is 0 Å². The lowest BCUT2D eigenvalue weighted by atomic mass is 9.92. The lowest BCUT2D eigenvalue weighted by molar-refractivity contribution is -0.148. The first kappa shape index (κ1) is 22.0. The van der Waals surface area contributed by atoms with Gasteiger partial charge in [0, 0.05) is 30.4 Å². The van der Waals surface area contributed by atoms with Gasteiger partial charge in [-0.05, 0) is 49.9 Å². The number of rotatable bonds is 6. The number of methoxy groups -OCH3 is 1. The first-order chi connectivity index (χ1) is 13.0. The molecule has 0 radical (unpaired) electrons. The van der Waals surface area contributed by atoms with E-state index in [0.717, 1.165) is 31.4 Å². The smallest absolute Gasteiger partial charge is 0.331 e. The molecule has 2 aliphatic rings. The summed E-state index contributed by atoms with van der Waals surface area (Å²) in [5.74, 6) is -0.347. The van der Waals surface area contributed by atoms with Crippen LogP contribution in [0.15, 0.2) is 24.3 Å². The van der Waals surface area contributed by atoms with E-state index < -0.39 is 0 Å². The summed E-state index contributed by atoms with van der Waals surface area (Å²) < 4.78 is 10.2. The fourth-order valence-corrected chi connectivity index (χ4v) is 3.72. The van der Waals surface area contributed by atoms with E-state index in [1.807, 2.05) is 17.0 Å². The Morgan fingerprint density at radius 3 is 2.39 bits per heavy atom. The SMILES string of the molecule is COC(=O)CO[C@H]1CC[C@H](N2CCN(c3ccc(C(=N)N)cc3)C2=O)CC1.Cl. The zero-order chi connectivity index (χ0) is 19.4. The Balaban J connectivity index is 0.00000280. The fourth-order valence-electron chi connectivity index (χ4n) is 3.72. The summed E-state index contributed by atoms with van der Waals surface area (Å²) in [6, 6.07) is 7.40. The largest absolute Gasteiger partial charge is 0.467 e. The van der Waals surface area contributed by atoms with Crippen molar-refractivity contribution in [1.82, 2.24) is 4.90 Å². The van der Waals surface area contributed by atoms with Crippen molar-refractivity contribution >= 4 is 35.9 Å². The summed E-state index contributed by atoms with van der Waals surface area (Å²) in [4.78, 5) is 27.7. The molecule has 3 N–H and O–H groups in total. The number of urea groups is 1. The lowest BCUT2D eigenvalue weighted by Gasteiger charge is -2.34. The van der Waals surface area contributed by atoms with Crippen molar-refractivity contribution in [3.05, 3.63) is 29.8 Å². The number of carbonyl (C=O) groups is 2. The van der Waals surface area contributed by atoms with Gasteiger partial charge in [0.15, 0.2) is 0 Å². The van der Waals surface area contributed by atoms with E-state index in [0.29, 0.717) is 18.7 Å². The first-order valence-corrected chi connectivity index (χ1v) is 9.20. The Morgan fingerprint density at radius 2 is 1.82 bits per heavy atom. The summed E-state index contributed by atoms with van der Waals surface area (Å²) in [6.07, 6.45) is 3.45. The monoisotopic (exact) mass is 410 g/mol. The average Bonchev–Trinajstić information content (AvgIpc) is 3.08. The topological polar surface area (TPSA) is 109 Å². The number of hydrogen-bond donors (Lipinski definition) is 2. The summed E-state index contributed by atoms with van der Waals surface area (Å²) in [5.41, 5.74) is 6.95. The van der Waals surface area contributed by atoms with E-state index in [-0.39, 0.29) is 49.0 Å². The number of halogens is 1. The van der Waals surface area contributed by atoms with E-state index in [4.69, 9.17) is 15.9 Å². The van der Waals surface area contributed by atoms with Gasteiger partial charge in [-0.25, -0.2) is 9.59 Å². The third-order valence-corrected chi connectivity index (χ3v) is 5.28. The molecule has 0 aromatic heterocycles. The molecule has 1 aliphatic heterocycles. The summed E-state index contributed by atoms with van der Waals surface area (Å²) in [6.45, 7) is 1.33. The number of hydrogen-bond acceptors (Lipinski definition) is 5. The molecule has 28 heavy (non-hydrogen) atoms. The van der Waals surface area contributed by atoms with Crippen LogP contribution < -0.4 is 10.6 Å². The number of ether oxygens (including phenoxy) is 2. The molecule has 0 atom stereocenters. The molecule has 154 valence electrons. The van der Waals surface area contributed by atoms with Gasteiger partial charge in [-0.1, -0.05) is 0 Å². The number of anilines is 1. The predicted molar refractivity (Wildman–Crippen MR) is 108 cm³/mol. The molecule has 3 rings (SSSR count). The summed E-state index contributed by atoms with van der Waals surface area (Å²) in [5, 5.41) is 7.45. The van der Waals surface area contributed by atoms with Crippen LogP contribution in [-0.2, 0) is 14.3 Å². The second kappa shape index (κ2) is 9.75. The second-order valence-corrected chi connectivity index (χ2v) is 6.91. The van der Waals surface area contributed by atoms with Gasteiger partial charge in [-0.3, -0.25) is 10.3 Å². The number of nitrogen functional groups attached to an aromatic ring is 1. The molecule has 1 heterocycles. The molecule has 2 fully saturated rings. The van der Waals surface area contributed by atoms with Crippen LogP contribution in [0.1, 0.15) is 31.2 Å². The van der Waals surface area contributed by atoms with Crippen LogP contribution in [0.4, 0.5) is 10.5 Å². The molecule has 8 nitrogen and oxygen atoms in total. The predicted octanol–water partition coefficient (Wildman–Crippen LogP) is 2.14. The van der Waals surface area contributed by atoms with Gasteiger partial charge >= 0.3 is 12.0 Å². The minimum absolute atomic E-state index is 0. The Bertz CT molecular complexity index is 704. The lowest BCUT2D eigenvalue weighted by Crippen LogP contribution is -2.42. The second-order valence-electron chi connectivity index (χ2n) is 6.91. The van der Waals surface area contributed by atoms with Gasteiger partial charge in [0.05, 0.1) is 13.2 Å². The highest BCUT2D eigenvalue weighted by atomic mass is 35.5. The number of nitrogens with two attached hydrogens (primary N) is 1. The third kappa shape index (κ3) is 4.94. The van der Waals surface area contributed by atoms with E-state index in [9.17, 15) is 9.59 Å². The zero-order valence-electron chi connectivity index (χ0n) is 15.9. The molecule has 2 amide bonds. The van der Waals surface area contributed by atoms with Crippen LogP contribution in [0, 0.1) is 5.41 Å². The van der Waals surface area contributed by atoms with Crippen molar-refractivity contribution in [3.63, 3.8) is 0 Å². The van der Waals surface area contributed by atoms with Gasteiger partial charge in [0.2, 0.25) is 0 Å². The molecule has 9 heteroatoms. The quantitative estimate of drug-likeness (QED) is 0.424. The van der Waals surface area contributed by atoms with E-state index in [2.05, 4.69) is 4.74 Å². The number of amides is 2. The van der Waals surface area contributed by atoms with Crippen molar-refractivity contribution in [2.24, 2.45) is 5.73 Å². The Hall–Kier alpha value is -2.32. The van der Waals surface area contributed by atoms with E-state index >= 15 is 0 Å². The Labute approximate surface area is 170 Å². The van der Waals surface area contributed by atoms with Gasteiger partial charge in [-0.15, -0.1) is 12.4 Å². The fraction of sp³-hybridized carbons (Fsp3) is 0.526. The highest BCUT2D eigenvalue weighted by Gasteiger charge is 2.36. The van der Waals surface area contributed by atoms with Crippen molar-refractivity contribution in [3.8, 4) is 0 Å². The van der Waals surface area contributed by atoms with Crippen molar-refractivity contribution in [2.45, 2.75) is 37.8 Å². The van der Waals surface area contributed by atoms with Gasteiger partial charge in [0.25, 0.3) is 0 Å². The summed E-state index contributed by atoms with van der Waals surface area (Å²) >= 11 is 0. The maximum atomic E-state index is 12.9. The summed E-state index contributed by atoms with van der Waals surface area (Å²) in [7, 11) is 1.35. The van der Waals surface area contributed by atoms with Gasteiger partial charge in [0.1, 0.15) is 12.4 Å². The minimum atomic E-state index is -0.363. The maximum absolute atomic E-state index is 12.9. The molecule has 1 saturated heterocycles. The van der Waals surface area contributed by atoms with Gasteiger partial charge < -0.3 is 20.1 Å².